The van der Waals surface area contributed by atoms with Crippen molar-refractivity contribution in [1.82, 2.24) is 15.3 Å². The number of likely N-dealkylation sites (N-methyl/N-ethyl adjacent to an activating group) is 1. The van der Waals surface area contributed by atoms with Crippen LogP contribution >= 0.6 is 0 Å². The number of ether oxygens (including phenoxy) is 2. The molecule has 0 aliphatic carbocycles. The summed E-state index contributed by atoms with van der Waals surface area (Å²) >= 11 is 0. The quantitative estimate of drug-likeness (QED) is 0.743. The summed E-state index contributed by atoms with van der Waals surface area (Å²) in [6.45, 7) is 2.69. The maximum absolute atomic E-state index is 5.43. The third kappa shape index (κ3) is 3.18. The van der Waals surface area contributed by atoms with Crippen LogP contribution in [0.3, 0.4) is 0 Å². The van der Waals surface area contributed by atoms with Crippen molar-refractivity contribution in [3.8, 4) is 11.9 Å². The van der Waals surface area contributed by atoms with E-state index in [9.17, 15) is 0 Å². The average molecular weight is 197 g/mol. The average Bonchev–Trinajstić information content (AvgIpc) is 2.18. The number of methoxy groups -OCH3 is 1. The van der Waals surface area contributed by atoms with Crippen LogP contribution in [-0.2, 0) is 0 Å². The fraction of sp³-hybridized carbons (Fsp3) is 0.556. The van der Waals surface area contributed by atoms with Gasteiger partial charge in [-0.05, 0) is 14.0 Å². The van der Waals surface area contributed by atoms with E-state index in [-0.39, 0.29) is 6.10 Å². The van der Waals surface area contributed by atoms with E-state index in [0.29, 0.717) is 11.9 Å². The van der Waals surface area contributed by atoms with Gasteiger partial charge in [0.2, 0.25) is 5.88 Å². The number of hydrogen-bond donors (Lipinski definition) is 1. The van der Waals surface area contributed by atoms with Crippen LogP contribution in [0.5, 0.6) is 11.9 Å². The Morgan fingerprint density at radius 1 is 1.57 bits per heavy atom. The molecule has 0 amide bonds. The molecule has 0 radical (unpaired) electrons. The van der Waals surface area contributed by atoms with Gasteiger partial charge in [-0.3, -0.25) is 0 Å². The Hall–Kier alpha value is -1.36. The molecule has 1 heterocycles. The summed E-state index contributed by atoms with van der Waals surface area (Å²) in [5.41, 5.74) is 0. The largest absolute Gasteiger partial charge is 0.481 e. The van der Waals surface area contributed by atoms with Crippen molar-refractivity contribution in [3.05, 3.63) is 12.3 Å². The van der Waals surface area contributed by atoms with E-state index >= 15 is 0 Å². The molecule has 1 N–H and O–H groups in total. The Morgan fingerprint density at radius 2 is 2.36 bits per heavy atom. The SMILES string of the molecule is CNCC(C)Oc1nccc(OC)n1. The second kappa shape index (κ2) is 5.39. The van der Waals surface area contributed by atoms with Gasteiger partial charge in [0.05, 0.1) is 7.11 Å². The minimum Gasteiger partial charge on any atom is -0.481 e. The highest BCUT2D eigenvalue weighted by molar-refractivity contribution is 5.10. The summed E-state index contributed by atoms with van der Waals surface area (Å²) in [5, 5.41) is 3.00. The Labute approximate surface area is 83.5 Å². The zero-order chi connectivity index (χ0) is 10.4. The molecule has 78 valence electrons. The first kappa shape index (κ1) is 10.7. The topological polar surface area (TPSA) is 56.3 Å². The van der Waals surface area contributed by atoms with E-state index in [2.05, 4.69) is 15.3 Å². The first-order valence-corrected chi connectivity index (χ1v) is 4.44. The van der Waals surface area contributed by atoms with Crippen LogP contribution in [0.4, 0.5) is 0 Å². The van der Waals surface area contributed by atoms with Gasteiger partial charge in [0, 0.05) is 18.8 Å². The van der Waals surface area contributed by atoms with E-state index in [0.717, 1.165) is 6.54 Å². The maximum atomic E-state index is 5.43. The number of nitrogens with one attached hydrogen (secondary N) is 1. The smallest absolute Gasteiger partial charge is 0.319 e. The standard InChI is InChI=1S/C9H15N3O2/c1-7(6-10-2)14-9-11-5-4-8(12-9)13-3/h4-5,7,10H,6H2,1-3H3. The van der Waals surface area contributed by atoms with Gasteiger partial charge in [-0.2, -0.15) is 4.98 Å². The van der Waals surface area contributed by atoms with Crippen molar-refractivity contribution in [3.63, 3.8) is 0 Å². The molecule has 14 heavy (non-hydrogen) atoms. The molecule has 0 spiro atoms. The molecule has 0 saturated heterocycles. The monoisotopic (exact) mass is 197 g/mol. The zero-order valence-corrected chi connectivity index (χ0v) is 8.65. The predicted octanol–water partition coefficient (Wildman–Crippen LogP) is 0.472. The lowest BCUT2D eigenvalue weighted by Crippen LogP contribution is -2.26. The highest BCUT2D eigenvalue weighted by Gasteiger charge is 2.05. The summed E-state index contributed by atoms with van der Waals surface area (Å²) in [6.07, 6.45) is 1.64. The minimum absolute atomic E-state index is 0.0344. The van der Waals surface area contributed by atoms with Crippen molar-refractivity contribution in [1.29, 1.82) is 0 Å². The van der Waals surface area contributed by atoms with Crippen molar-refractivity contribution >= 4 is 0 Å². The molecule has 0 aliphatic heterocycles. The highest BCUT2D eigenvalue weighted by Crippen LogP contribution is 2.10. The molecular formula is C9H15N3O2. The van der Waals surface area contributed by atoms with Gasteiger partial charge in [-0.1, -0.05) is 0 Å². The van der Waals surface area contributed by atoms with E-state index in [1.165, 1.54) is 0 Å². The molecule has 1 atom stereocenters. The summed E-state index contributed by atoms with van der Waals surface area (Å²) < 4.78 is 10.4. The van der Waals surface area contributed by atoms with Crippen LogP contribution in [0.15, 0.2) is 12.3 Å². The zero-order valence-electron chi connectivity index (χ0n) is 8.65. The third-order valence-corrected chi connectivity index (χ3v) is 1.62. The molecule has 1 rings (SSSR count). The normalized spacial score (nSPS) is 12.2. The van der Waals surface area contributed by atoms with E-state index in [1.54, 1.807) is 19.4 Å². The highest BCUT2D eigenvalue weighted by atomic mass is 16.5. The molecule has 1 aromatic heterocycles. The van der Waals surface area contributed by atoms with Crippen molar-refractivity contribution in [2.75, 3.05) is 20.7 Å². The number of aromatic nitrogens is 2. The van der Waals surface area contributed by atoms with E-state index < -0.39 is 0 Å². The van der Waals surface area contributed by atoms with Crippen molar-refractivity contribution in [2.45, 2.75) is 13.0 Å². The Kier molecular flexibility index (Phi) is 4.12. The molecule has 0 bridgehead atoms. The molecule has 0 aliphatic rings. The van der Waals surface area contributed by atoms with Gasteiger partial charge < -0.3 is 14.8 Å². The first-order valence-electron chi connectivity index (χ1n) is 4.44. The second-order valence-electron chi connectivity index (χ2n) is 2.87. The van der Waals surface area contributed by atoms with Crippen LogP contribution in [0.2, 0.25) is 0 Å². The lowest BCUT2D eigenvalue weighted by Gasteiger charge is -2.12. The van der Waals surface area contributed by atoms with E-state index in [1.807, 2.05) is 14.0 Å². The van der Waals surface area contributed by atoms with Gasteiger partial charge in [-0.15, -0.1) is 0 Å². The lowest BCUT2D eigenvalue weighted by molar-refractivity contribution is 0.199. The molecule has 5 nitrogen and oxygen atoms in total. The molecule has 1 aromatic rings. The van der Waals surface area contributed by atoms with Crippen LogP contribution in [-0.4, -0.2) is 36.8 Å². The molecular weight excluding hydrogens is 182 g/mol. The fourth-order valence-electron chi connectivity index (χ4n) is 1.00. The minimum atomic E-state index is 0.0344. The first-order chi connectivity index (χ1) is 6.76. The molecule has 1 unspecified atom stereocenters. The molecule has 5 heteroatoms. The van der Waals surface area contributed by atoms with Crippen LogP contribution in [0, 0.1) is 0 Å². The van der Waals surface area contributed by atoms with Crippen LogP contribution in [0.25, 0.3) is 0 Å². The summed E-state index contributed by atoms with van der Waals surface area (Å²) in [7, 11) is 3.43. The van der Waals surface area contributed by atoms with Crippen LogP contribution in [0.1, 0.15) is 6.92 Å². The van der Waals surface area contributed by atoms with E-state index in [4.69, 9.17) is 9.47 Å². The van der Waals surface area contributed by atoms with Gasteiger partial charge in [-0.25, -0.2) is 4.98 Å². The number of nitrogens with zero attached hydrogens (tertiary/aromatic N) is 2. The third-order valence-electron chi connectivity index (χ3n) is 1.62. The van der Waals surface area contributed by atoms with Crippen molar-refractivity contribution < 1.29 is 9.47 Å². The maximum Gasteiger partial charge on any atom is 0.319 e. The number of hydrogen-bond acceptors (Lipinski definition) is 5. The molecule has 0 fully saturated rings. The Morgan fingerprint density at radius 3 is 3.00 bits per heavy atom. The van der Waals surface area contributed by atoms with Crippen molar-refractivity contribution in [2.24, 2.45) is 0 Å². The Bertz CT molecular complexity index is 281. The summed E-state index contributed by atoms with van der Waals surface area (Å²) in [4.78, 5) is 8.00. The fourth-order valence-corrected chi connectivity index (χ4v) is 1.00. The van der Waals surface area contributed by atoms with Gasteiger partial charge >= 0.3 is 6.01 Å². The predicted molar refractivity (Wildman–Crippen MR) is 52.6 cm³/mol. The lowest BCUT2D eigenvalue weighted by atomic mass is 10.4. The molecule has 0 aromatic carbocycles. The Balaban J connectivity index is 2.57. The van der Waals surface area contributed by atoms with Crippen LogP contribution < -0.4 is 14.8 Å². The summed E-state index contributed by atoms with van der Waals surface area (Å²) in [6, 6.07) is 2.02. The second-order valence-corrected chi connectivity index (χ2v) is 2.87. The molecule has 0 saturated carbocycles. The van der Waals surface area contributed by atoms with Gasteiger partial charge in [0.25, 0.3) is 0 Å². The van der Waals surface area contributed by atoms with Gasteiger partial charge in [0.1, 0.15) is 6.10 Å². The van der Waals surface area contributed by atoms with Gasteiger partial charge in [0.15, 0.2) is 0 Å². The summed E-state index contributed by atoms with van der Waals surface area (Å²) in [5.74, 6) is 0.506. The number of rotatable bonds is 5.